The number of methoxy groups -OCH3 is 2. The number of hydrazine groups is 1. The van der Waals surface area contributed by atoms with Crippen molar-refractivity contribution in [2.45, 2.75) is 0 Å². The van der Waals surface area contributed by atoms with Crippen molar-refractivity contribution in [2.24, 2.45) is 5.84 Å². The number of nitrogens with zero attached hydrogens (tertiary/aromatic N) is 3. The van der Waals surface area contributed by atoms with Gasteiger partial charge in [0.2, 0.25) is 5.95 Å². The van der Waals surface area contributed by atoms with Gasteiger partial charge in [0.25, 0.3) is 0 Å². The van der Waals surface area contributed by atoms with Crippen molar-refractivity contribution in [2.75, 3.05) is 46.1 Å². The lowest BCUT2D eigenvalue weighted by molar-refractivity contribution is 0.0527. The van der Waals surface area contributed by atoms with Crippen LogP contribution in [0.4, 0.5) is 5.95 Å². The molecular weight excluding hydrogens is 242 g/mol. The van der Waals surface area contributed by atoms with Crippen LogP contribution in [0.1, 0.15) is 0 Å². The molecule has 0 atom stereocenters. The summed E-state index contributed by atoms with van der Waals surface area (Å²) in [6, 6.07) is 0.235. The first-order valence-electron chi connectivity index (χ1n) is 5.26. The van der Waals surface area contributed by atoms with Gasteiger partial charge in [0, 0.05) is 7.11 Å². The Morgan fingerprint density at radius 1 is 1.00 bits per heavy atom. The van der Waals surface area contributed by atoms with Gasteiger partial charge in [-0.2, -0.15) is 9.97 Å². The Labute approximate surface area is 105 Å². The van der Waals surface area contributed by atoms with Gasteiger partial charge in [-0.3, -0.25) is 5.43 Å². The first-order valence-corrected chi connectivity index (χ1v) is 5.26. The van der Waals surface area contributed by atoms with E-state index in [4.69, 9.17) is 24.8 Å². The summed E-state index contributed by atoms with van der Waals surface area (Å²) >= 11 is 0. The van der Waals surface area contributed by atoms with Crippen molar-refractivity contribution >= 4 is 5.95 Å². The van der Waals surface area contributed by atoms with E-state index in [-0.39, 0.29) is 18.0 Å². The molecule has 18 heavy (non-hydrogen) atoms. The highest BCUT2D eigenvalue weighted by atomic mass is 16.5. The molecule has 0 saturated heterocycles. The number of nitrogens with two attached hydrogens (primary N) is 1. The zero-order valence-corrected chi connectivity index (χ0v) is 10.4. The second-order valence-electron chi connectivity index (χ2n) is 3.03. The molecule has 1 rings (SSSR count). The molecule has 0 amide bonds. The average Bonchev–Trinajstić information content (AvgIpc) is 2.42. The van der Waals surface area contributed by atoms with E-state index in [1.54, 1.807) is 7.11 Å². The highest BCUT2D eigenvalue weighted by molar-refractivity contribution is 5.25. The SMILES string of the molecule is COCCOCCOc1nc(NN)nc(OC)n1. The summed E-state index contributed by atoms with van der Waals surface area (Å²) in [5, 5.41) is 0. The number of anilines is 1. The summed E-state index contributed by atoms with van der Waals surface area (Å²) < 4.78 is 20.2. The zero-order chi connectivity index (χ0) is 13.2. The van der Waals surface area contributed by atoms with Crippen LogP contribution in [-0.2, 0) is 9.47 Å². The lowest BCUT2D eigenvalue weighted by Gasteiger charge is -2.07. The Hall–Kier alpha value is -1.71. The lowest BCUT2D eigenvalue weighted by atomic mass is 10.7. The van der Waals surface area contributed by atoms with Gasteiger partial charge in [0.1, 0.15) is 6.61 Å². The summed E-state index contributed by atoms with van der Waals surface area (Å²) in [7, 11) is 3.05. The van der Waals surface area contributed by atoms with Crippen molar-refractivity contribution in [3.8, 4) is 12.0 Å². The van der Waals surface area contributed by atoms with E-state index in [0.717, 1.165) is 0 Å². The van der Waals surface area contributed by atoms with E-state index in [2.05, 4.69) is 20.4 Å². The minimum Gasteiger partial charge on any atom is -0.467 e. The topological polar surface area (TPSA) is 114 Å². The van der Waals surface area contributed by atoms with Crippen LogP contribution < -0.4 is 20.7 Å². The van der Waals surface area contributed by atoms with E-state index < -0.39 is 0 Å². The maximum absolute atomic E-state index is 5.27. The van der Waals surface area contributed by atoms with Crippen molar-refractivity contribution < 1.29 is 18.9 Å². The monoisotopic (exact) mass is 259 g/mol. The van der Waals surface area contributed by atoms with Gasteiger partial charge >= 0.3 is 12.0 Å². The van der Waals surface area contributed by atoms with E-state index in [1.807, 2.05) is 0 Å². The molecule has 0 bridgehead atoms. The van der Waals surface area contributed by atoms with Crippen LogP contribution >= 0.6 is 0 Å². The minimum atomic E-state index is 0.116. The smallest absolute Gasteiger partial charge is 0.324 e. The zero-order valence-electron chi connectivity index (χ0n) is 10.4. The fraction of sp³-hybridized carbons (Fsp3) is 0.667. The van der Waals surface area contributed by atoms with Crippen LogP contribution in [0.15, 0.2) is 0 Å². The van der Waals surface area contributed by atoms with Crippen LogP contribution in [0.3, 0.4) is 0 Å². The van der Waals surface area contributed by atoms with Gasteiger partial charge in [-0.25, -0.2) is 5.84 Å². The lowest BCUT2D eigenvalue weighted by Crippen LogP contribution is -2.15. The van der Waals surface area contributed by atoms with Crippen LogP contribution in [0.5, 0.6) is 12.0 Å². The highest BCUT2D eigenvalue weighted by Gasteiger charge is 2.06. The number of hydrogen-bond acceptors (Lipinski definition) is 9. The van der Waals surface area contributed by atoms with Gasteiger partial charge in [0.05, 0.1) is 26.9 Å². The average molecular weight is 259 g/mol. The Morgan fingerprint density at radius 2 is 1.72 bits per heavy atom. The third-order valence-corrected chi connectivity index (χ3v) is 1.80. The standard InChI is InChI=1S/C9H17N5O4/c1-15-3-4-17-5-6-18-9-12-7(14-10)11-8(13-9)16-2/h3-6,10H2,1-2H3,(H,11,12,13,14). The van der Waals surface area contributed by atoms with Crippen LogP contribution in [0, 0.1) is 0 Å². The van der Waals surface area contributed by atoms with Crippen molar-refractivity contribution in [3.05, 3.63) is 0 Å². The Morgan fingerprint density at radius 3 is 2.39 bits per heavy atom. The molecule has 3 N–H and O–H groups in total. The van der Waals surface area contributed by atoms with Gasteiger partial charge in [-0.05, 0) is 0 Å². The number of aromatic nitrogens is 3. The number of nitrogen functional groups attached to an aromatic ring is 1. The van der Waals surface area contributed by atoms with Crippen LogP contribution in [0.2, 0.25) is 0 Å². The first-order chi connectivity index (χ1) is 8.80. The van der Waals surface area contributed by atoms with Crippen LogP contribution in [0.25, 0.3) is 0 Å². The van der Waals surface area contributed by atoms with Gasteiger partial charge in [-0.15, -0.1) is 4.98 Å². The molecule has 0 aromatic carbocycles. The fourth-order valence-electron chi connectivity index (χ4n) is 0.995. The molecule has 0 fully saturated rings. The first kappa shape index (κ1) is 14.4. The van der Waals surface area contributed by atoms with Crippen molar-refractivity contribution in [3.63, 3.8) is 0 Å². The molecule has 9 heteroatoms. The van der Waals surface area contributed by atoms with Crippen molar-refractivity contribution in [1.29, 1.82) is 0 Å². The Bertz CT molecular complexity index is 329. The number of rotatable bonds is 9. The van der Waals surface area contributed by atoms with E-state index in [1.165, 1.54) is 7.11 Å². The number of nitrogens with one attached hydrogen (secondary N) is 1. The molecule has 0 spiro atoms. The summed E-state index contributed by atoms with van der Waals surface area (Å²) in [5.41, 5.74) is 2.29. The van der Waals surface area contributed by atoms with E-state index in [9.17, 15) is 0 Å². The van der Waals surface area contributed by atoms with Gasteiger partial charge in [0.15, 0.2) is 0 Å². The normalized spacial score (nSPS) is 10.2. The maximum atomic E-state index is 5.27. The molecule has 102 valence electrons. The van der Waals surface area contributed by atoms with E-state index >= 15 is 0 Å². The molecule has 0 aliphatic carbocycles. The molecule has 0 aliphatic heterocycles. The Kier molecular flexibility index (Phi) is 6.69. The van der Waals surface area contributed by atoms with Crippen LogP contribution in [-0.4, -0.2) is 55.6 Å². The second-order valence-corrected chi connectivity index (χ2v) is 3.03. The molecule has 0 radical (unpaired) electrons. The summed E-state index contributed by atoms with van der Waals surface area (Å²) in [6.45, 7) is 1.76. The summed E-state index contributed by atoms with van der Waals surface area (Å²) in [6.07, 6.45) is 0. The summed E-state index contributed by atoms with van der Waals surface area (Å²) in [4.78, 5) is 11.6. The second kappa shape index (κ2) is 8.39. The molecule has 9 nitrogen and oxygen atoms in total. The third kappa shape index (κ3) is 5.08. The van der Waals surface area contributed by atoms with Gasteiger partial charge < -0.3 is 18.9 Å². The largest absolute Gasteiger partial charge is 0.467 e. The van der Waals surface area contributed by atoms with Crippen molar-refractivity contribution in [1.82, 2.24) is 15.0 Å². The molecule has 1 aromatic rings. The fourth-order valence-corrected chi connectivity index (χ4v) is 0.995. The molecule has 1 heterocycles. The molecular formula is C9H17N5O4. The quantitative estimate of drug-likeness (QED) is 0.334. The summed E-state index contributed by atoms with van der Waals surface area (Å²) in [5.74, 6) is 5.36. The number of hydrogen-bond donors (Lipinski definition) is 2. The molecule has 0 aliphatic rings. The third-order valence-electron chi connectivity index (χ3n) is 1.80. The van der Waals surface area contributed by atoms with E-state index in [0.29, 0.717) is 26.4 Å². The number of ether oxygens (including phenoxy) is 4. The highest BCUT2D eigenvalue weighted by Crippen LogP contribution is 2.11. The maximum Gasteiger partial charge on any atom is 0.324 e. The predicted octanol–water partition coefficient (Wildman–Crippen LogP) is -0.792. The Balaban J connectivity index is 2.36. The van der Waals surface area contributed by atoms with Gasteiger partial charge in [-0.1, -0.05) is 0 Å². The minimum absolute atomic E-state index is 0.116. The predicted molar refractivity (Wildman–Crippen MR) is 62.4 cm³/mol. The molecule has 0 unspecified atom stereocenters. The molecule has 1 aromatic heterocycles. The molecule has 0 saturated carbocycles.